The number of pyridine rings is 1. The second kappa shape index (κ2) is 5.54. The van der Waals surface area contributed by atoms with Gasteiger partial charge in [-0.3, -0.25) is 0 Å². The van der Waals surface area contributed by atoms with Gasteiger partial charge in [-0.15, -0.1) is 0 Å². The van der Waals surface area contributed by atoms with E-state index in [0.717, 1.165) is 30.7 Å². The van der Waals surface area contributed by atoms with E-state index < -0.39 is 0 Å². The molecule has 2 aromatic rings. The van der Waals surface area contributed by atoms with Crippen molar-refractivity contribution in [3.05, 3.63) is 36.3 Å². The summed E-state index contributed by atoms with van der Waals surface area (Å²) < 4.78 is 2.03. The van der Waals surface area contributed by atoms with Gasteiger partial charge in [0.25, 0.3) is 0 Å². The maximum Gasteiger partial charge on any atom is 0.137 e. The van der Waals surface area contributed by atoms with Crippen LogP contribution in [0.25, 0.3) is 5.65 Å². The first-order chi connectivity index (χ1) is 9.71. The molecule has 0 amide bonds. The summed E-state index contributed by atoms with van der Waals surface area (Å²) in [6, 6.07) is 6.01. The molecule has 1 saturated carbocycles. The van der Waals surface area contributed by atoms with Gasteiger partial charge in [0, 0.05) is 24.5 Å². The molecule has 0 radical (unpaired) electrons. The van der Waals surface area contributed by atoms with Gasteiger partial charge in [-0.2, -0.15) is 0 Å². The molecular weight excluding hydrogens is 250 g/mol. The molecule has 4 nitrogen and oxygen atoms in total. The van der Waals surface area contributed by atoms with Crippen molar-refractivity contribution in [2.24, 2.45) is 5.92 Å². The van der Waals surface area contributed by atoms with Crippen molar-refractivity contribution in [1.82, 2.24) is 14.7 Å². The van der Waals surface area contributed by atoms with Crippen LogP contribution in [0.5, 0.6) is 0 Å². The van der Waals surface area contributed by atoms with Crippen molar-refractivity contribution in [2.45, 2.75) is 44.7 Å². The Balaban J connectivity index is 1.71. The lowest BCUT2D eigenvalue weighted by atomic mass is 9.77. The summed E-state index contributed by atoms with van der Waals surface area (Å²) in [4.78, 5) is 4.60. The fourth-order valence-electron chi connectivity index (χ4n) is 3.37. The number of hydrogen-bond donors (Lipinski definition) is 2. The van der Waals surface area contributed by atoms with Gasteiger partial charge >= 0.3 is 0 Å². The smallest absolute Gasteiger partial charge is 0.137 e. The van der Waals surface area contributed by atoms with E-state index in [0.29, 0.717) is 5.92 Å². The average Bonchev–Trinajstić information content (AvgIpc) is 2.88. The van der Waals surface area contributed by atoms with E-state index in [1.54, 1.807) is 0 Å². The van der Waals surface area contributed by atoms with E-state index >= 15 is 0 Å². The number of imidazole rings is 1. The Hall–Kier alpha value is -1.39. The van der Waals surface area contributed by atoms with Crippen molar-refractivity contribution in [2.75, 3.05) is 6.61 Å². The third kappa shape index (κ3) is 2.72. The van der Waals surface area contributed by atoms with Gasteiger partial charge in [0.05, 0.1) is 12.3 Å². The molecule has 108 valence electrons. The number of aliphatic hydroxyl groups is 1. The van der Waals surface area contributed by atoms with Crippen LogP contribution in [0.15, 0.2) is 30.6 Å². The standard InChI is InChI=1S/C16H23N3O/c1-13-5-4-7-16(9-13,12-20)17-10-14-11-19-8-3-2-6-15(19)18-14/h2-3,6,8,11,13,17,20H,4-5,7,9-10,12H2,1H3. The zero-order valence-electron chi connectivity index (χ0n) is 12.0. The van der Waals surface area contributed by atoms with E-state index in [2.05, 4.69) is 23.4 Å². The first kappa shape index (κ1) is 13.6. The van der Waals surface area contributed by atoms with E-state index in [1.165, 1.54) is 12.8 Å². The lowest BCUT2D eigenvalue weighted by Crippen LogP contribution is -2.51. The van der Waals surface area contributed by atoms with Gasteiger partial charge in [0.2, 0.25) is 0 Å². The predicted octanol–water partition coefficient (Wildman–Crippen LogP) is 2.37. The van der Waals surface area contributed by atoms with Crippen LogP contribution in [0.2, 0.25) is 0 Å². The Morgan fingerprint density at radius 1 is 1.50 bits per heavy atom. The Labute approximate surface area is 119 Å². The summed E-state index contributed by atoms with van der Waals surface area (Å²) in [6.07, 6.45) is 8.64. The van der Waals surface area contributed by atoms with Crippen LogP contribution in [0.4, 0.5) is 0 Å². The van der Waals surface area contributed by atoms with Crippen molar-refractivity contribution < 1.29 is 5.11 Å². The quantitative estimate of drug-likeness (QED) is 0.899. The molecule has 0 aromatic carbocycles. The molecule has 2 N–H and O–H groups in total. The molecule has 3 rings (SSSR count). The van der Waals surface area contributed by atoms with Gasteiger partial charge in [0.15, 0.2) is 0 Å². The molecule has 2 unspecified atom stereocenters. The van der Waals surface area contributed by atoms with Crippen LogP contribution in [-0.4, -0.2) is 26.6 Å². The van der Waals surface area contributed by atoms with Crippen molar-refractivity contribution in [3.8, 4) is 0 Å². The van der Waals surface area contributed by atoms with Crippen molar-refractivity contribution in [1.29, 1.82) is 0 Å². The number of hydrogen-bond acceptors (Lipinski definition) is 3. The number of fused-ring (bicyclic) bond motifs is 1. The molecule has 2 aromatic heterocycles. The highest BCUT2D eigenvalue weighted by Gasteiger charge is 2.33. The Morgan fingerprint density at radius 2 is 2.40 bits per heavy atom. The molecule has 2 heterocycles. The fraction of sp³-hybridized carbons (Fsp3) is 0.562. The molecule has 0 bridgehead atoms. The van der Waals surface area contributed by atoms with Gasteiger partial charge in [0.1, 0.15) is 5.65 Å². The maximum absolute atomic E-state index is 9.79. The van der Waals surface area contributed by atoms with E-state index in [-0.39, 0.29) is 12.1 Å². The SMILES string of the molecule is CC1CCCC(CO)(NCc2cn3ccccc3n2)C1. The van der Waals surface area contributed by atoms with Crippen molar-refractivity contribution in [3.63, 3.8) is 0 Å². The lowest BCUT2D eigenvalue weighted by Gasteiger charge is -2.39. The molecule has 1 aliphatic rings. The number of nitrogens with one attached hydrogen (secondary N) is 1. The molecular formula is C16H23N3O. The highest BCUT2D eigenvalue weighted by atomic mass is 16.3. The summed E-state index contributed by atoms with van der Waals surface area (Å²) in [6.45, 7) is 3.20. The fourth-order valence-corrected chi connectivity index (χ4v) is 3.37. The highest BCUT2D eigenvalue weighted by Crippen LogP contribution is 2.32. The third-order valence-corrected chi connectivity index (χ3v) is 4.45. The minimum Gasteiger partial charge on any atom is -0.394 e. The Kier molecular flexibility index (Phi) is 3.76. The highest BCUT2D eigenvalue weighted by molar-refractivity contribution is 5.39. The summed E-state index contributed by atoms with van der Waals surface area (Å²) >= 11 is 0. The zero-order chi connectivity index (χ0) is 14.0. The molecule has 4 heteroatoms. The minimum atomic E-state index is -0.118. The third-order valence-electron chi connectivity index (χ3n) is 4.45. The molecule has 1 fully saturated rings. The second-order valence-corrected chi connectivity index (χ2v) is 6.19. The number of nitrogens with zero attached hydrogens (tertiary/aromatic N) is 2. The molecule has 0 saturated heterocycles. The molecule has 20 heavy (non-hydrogen) atoms. The minimum absolute atomic E-state index is 0.118. The van der Waals surface area contributed by atoms with Gasteiger partial charge < -0.3 is 14.8 Å². The van der Waals surface area contributed by atoms with Crippen LogP contribution >= 0.6 is 0 Å². The summed E-state index contributed by atoms with van der Waals surface area (Å²) in [5, 5.41) is 13.4. The first-order valence-corrected chi connectivity index (χ1v) is 7.49. The maximum atomic E-state index is 9.79. The van der Waals surface area contributed by atoms with Gasteiger partial charge in [-0.05, 0) is 30.9 Å². The van der Waals surface area contributed by atoms with Crippen LogP contribution < -0.4 is 5.32 Å². The Morgan fingerprint density at radius 3 is 3.15 bits per heavy atom. The average molecular weight is 273 g/mol. The molecule has 0 spiro atoms. The van der Waals surface area contributed by atoms with Gasteiger partial charge in [-0.1, -0.05) is 25.8 Å². The van der Waals surface area contributed by atoms with Gasteiger partial charge in [-0.25, -0.2) is 4.98 Å². The van der Waals surface area contributed by atoms with E-state index in [1.807, 2.05) is 28.8 Å². The monoisotopic (exact) mass is 273 g/mol. The molecule has 2 atom stereocenters. The second-order valence-electron chi connectivity index (χ2n) is 6.19. The first-order valence-electron chi connectivity index (χ1n) is 7.49. The summed E-state index contributed by atoms with van der Waals surface area (Å²) in [5.41, 5.74) is 1.88. The Bertz CT molecular complexity index is 547. The lowest BCUT2D eigenvalue weighted by molar-refractivity contribution is 0.0979. The zero-order valence-corrected chi connectivity index (χ0v) is 12.0. The summed E-state index contributed by atoms with van der Waals surface area (Å²) in [7, 11) is 0. The molecule has 0 aliphatic heterocycles. The van der Waals surface area contributed by atoms with Crippen LogP contribution in [0, 0.1) is 5.92 Å². The number of aliphatic hydroxyl groups excluding tert-OH is 1. The molecule has 1 aliphatic carbocycles. The topological polar surface area (TPSA) is 49.6 Å². The van der Waals surface area contributed by atoms with E-state index in [9.17, 15) is 5.11 Å². The van der Waals surface area contributed by atoms with E-state index in [4.69, 9.17) is 0 Å². The van der Waals surface area contributed by atoms with Crippen molar-refractivity contribution >= 4 is 5.65 Å². The predicted molar refractivity (Wildman–Crippen MR) is 79.5 cm³/mol. The number of rotatable bonds is 4. The summed E-state index contributed by atoms with van der Waals surface area (Å²) in [5.74, 6) is 0.685. The van der Waals surface area contributed by atoms with Crippen LogP contribution in [0.3, 0.4) is 0 Å². The van der Waals surface area contributed by atoms with Crippen LogP contribution in [0.1, 0.15) is 38.3 Å². The normalized spacial score (nSPS) is 27.0. The number of aromatic nitrogens is 2. The largest absolute Gasteiger partial charge is 0.394 e. The van der Waals surface area contributed by atoms with Crippen LogP contribution in [-0.2, 0) is 6.54 Å².